The van der Waals surface area contributed by atoms with Gasteiger partial charge < -0.3 is 9.64 Å². The predicted molar refractivity (Wildman–Crippen MR) is 101 cm³/mol. The van der Waals surface area contributed by atoms with Gasteiger partial charge in [0.15, 0.2) is 0 Å². The van der Waals surface area contributed by atoms with E-state index in [0.717, 1.165) is 26.9 Å². The molecule has 0 unspecified atom stereocenters. The molecule has 0 radical (unpaired) electrons. The number of thiocarbonyl (C=S) groups is 1. The summed E-state index contributed by atoms with van der Waals surface area (Å²) in [7, 11) is 3.69. The van der Waals surface area contributed by atoms with Gasteiger partial charge in [0.05, 0.1) is 22.0 Å². The van der Waals surface area contributed by atoms with Crippen LogP contribution in [0.1, 0.15) is 11.3 Å². The molecule has 24 heavy (non-hydrogen) atoms. The average molecular weight is 353 g/mol. The minimum atomic E-state index is 0.394. The largest absolute Gasteiger partial charge is 0.431 e. The Morgan fingerprint density at radius 3 is 2.54 bits per heavy atom. The zero-order chi connectivity index (χ0) is 17.3. The maximum atomic E-state index is 9.00. The molecule has 3 aromatic rings. The molecule has 0 amide bonds. The molecule has 1 aromatic heterocycles. The highest BCUT2D eigenvalue weighted by molar-refractivity contribution is 7.80. The Balaban J connectivity index is 2.20. The normalized spacial score (nSPS) is 10.4. The number of nitriles is 1. The molecular weight excluding hydrogens is 338 g/mol. The number of rotatable bonds is 2. The standard InChI is InChI=1S/C18H15N3OS2/c1-11-14-8-9-15(22-18(23)21(2)3)16(17(14)24-20-11)13-6-4-12(10-19)5-7-13/h4-9H,1-3H3. The summed E-state index contributed by atoms with van der Waals surface area (Å²) < 4.78 is 11.4. The number of hydrogen-bond acceptors (Lipinski definition) is 5. The van der Waals surface area contributed by atoms with E-state index in [2.05, 4.69) is 10.4 Å². The molecule has 0 N–H and O–H groups in total. The van der Waals surface area contributed by atoms with Crippen molar-refractivity contribution in [1.82, 2.24) is 9.27 Å². The monoisotopic (exact) mass is 353 g/mol. The van der Waals surface area contributed by atoms with Gasteiger partial charge in [-0.1, -0.05) is 12.1 Å². The molecule has 0 atom stereocenters. The minimum Gasteiger partial charge on any atom is -0.431 e. The molecule has 0 saturated carbocycles. The third-order valence-corrected chi connectivity index (χ3v) is 5.07. The molecule has 0 aliphatic carbocycles. The van der Waals surface area contributed by atoms with Crippen molar-refractivity contribution >= 4 is 39.0 Å². The summed E-state index contributed by atoms with van der Waals surface area (Å²) >= 11 is 6.73. The van der Waals surface area contributed by atoms with Crippen LogP contribution in [0.2, 0.25) is 0 Å². The number of hydrogen-bond donors (Lipinski definition) is 0. The lowest BCUT2D eigenvalue weighted by atomic mass is 10.0. The van der Waals surface area contributed by atoms with E-state index in [4.69, 9.17) is 22.2 Å². The number of aromatic nitrogens is 1. The molecule has 4 nitrogen and oxygen atoms in total. The highest BCUT2D eigenvalue weighted by atomic mass is 32.1. The number of nitrogens with zero attached hydrogens (tertiary/aromatic N) is 3. The molecule has 0 aliphatic rings. The Labute approximate surface area is 150 Å². The molecule has 0 spiro atoms. The highest BCUT2D eigenvalue weighted by Crippen LogP contribution is 2.40. The van der Waals surface area contributed by atoms with Crippen LogP contribution in [-0.2, 0) is 0 Å². The second-order valence-corrected chi connectivity index (χ2v) is 6.66. The predicted octanol–water partition coefficient (Wildman–Crippen LogP) is 4.37. The third kappa shape index (κ3) is 2.96. The van der Waals surface area contributed by atoms with Crippen molar-refractivity contribution in [3.63, 3.8) is 0 Å². The van der Waals surface area contributed by atoms with Crippen LogP contribution in [0.25, 0.3) is 21.2 Å². The molecular formula is C18H15N3OS2. The lowest BCUT2D eigenvalue weighted by Crippen LogP contribution is -2.25. The van der Waals surface area contributed by atoms with E-state index < -0.39 is 0 Å². The van der Waals surface area contributed by atoms with Crippen molar-refractivity contribution in [1.29, 1.82) is 5.26 Å². The first kappa shape index (κ1) is 16.4. The molecule has 3 rings (SSSR count). The molecule has 0 saturated heterocycles. The fourth-order valence-electron chi connectivity index (χ4n) is 2.36. The summed E-state index contributed by atoms with van der Waals surface area (Å²) in [5.74, 6) is 0.689. The van der Waals surface area contributed by atoms with Gasteiger partial charge in [-0.15, -0.1) is 0 Å². The van der Waals surface area contributed by atoms with E-state index in [1.807, 2.05) is 45.3 Å². The first-order valence-corrected chi connectivity index (χ1v) is 8.48. The van der Waals surface area contributed by atoms with Crippen LogP contribution in [0.15, 0.2) is 36.4 Å². The molecule has 2 aromatic carbocycles. The third-order valence-electron chi connectivity index (χ3n) is 3.65. The number of fused-ring (bicyclic) bond motifs is 1. The smallest absolute Gasteiger partial charge is 0.264 e. The Morgan fingerprint density at radius 2 is 1.92 bits per heavy atom. The SMILES string of the molecule is Cc1nsc2c(-c3ccc(C#N)cc3)c(OC(=S)N(C)C)ccc12. The van der Waals surface area contributed by atoms with E-state index in [1.165, 1.54) is 11.5 Å². The number of benzene rings is 2. The second kappa shape index (κ2) is 6.56. The van der Waals surface area contributed by atoms with Gasteiger partial charge in [-0.05, 0) is 60.5 Å². The molecule has 0 bridgehead atoms. The highest BCUT2D eigenvalue weighted by Gasteiger charge is 2.17. The van der Waals surface area contributed by atoms with Crippen molar-refractivity contribution in [2.24, 2.45) is 0 Å². The van der Waals surface area contributed by atoms with Gasteiger partial charge >= 0.3 is 0 Å². The van der Waals surface area contributed by atoms with Gasteiger partial charge in [-0.3, -0.25) is 0 Å². The van der Waals surface area contributed by atoms with Crippen molar-refractivity contribution in [2.45, 2.75) is 6.92 Å². The molecule has 6 heteroatoms. The lowest BCUT2D eigenvalue weighted by molar-refractivity contribution is 0.451. The Bertz CT molecular complexity index is 953. The summed E-state index contributed by atoms with van der Waals surface area (Å²) in [6.45, 7) is 1.99. The first-order chi connectivity index (χ1) is 11.5. The zero-order valence-electron chi connectivity index (χ0n) is 13.5. The Kier molecular flexibility index (Phi) is 4.47. The van der Waals surface area contributed by atoms with E-state index in [0.29, 0.717) is 16.5 Å². The summed E-state index contributed by atoms with van der Waals surface area (Å²) in [6, 6.07) is 13.5. The lowest BCUT2D eigenvalue weighted by Gasteiger charge is -2.17. The van der Waals surface area contributed by atoms with Crippen LogP contribution in [0.4, 0.5) is 0 Å². The summed E-state index contributed by atoms with van der Waals surface area (Å²) in [6.07, 6.45) is 0. The van der Waals surface area contributed by atoms with Crippen LogP contribution in [-0.4, -0.2) is 28.5 Å². The summed E-state index contributed by atoms with van der Waals surface area (Å²) in [5, 5.41) is 10.5. The molecule has 0 fully saturated rings. The fraction of sp³-hybridized carbons (Fsp3) is 0.167. The quantitative estimate of drug-likeness (QED) is 0.640. The Morgan fingerprint density at radius 1 is 1.21 bits per heavy atom. The topological polar surface area (TPSA) is 49.1 Å². The van der Waals surface area contributed by atoms with Crippen molar-refractivity contribution in [3.8, 4) is 22.9 Å². The van der Waals surface area contributed by atoms with Gasteiger partial charge in [-0.25, -0.2) is 0 Å². The van der Waals surface area contributed by atoms with E-state index >= 15 is 0 Å². The summed E-state index contributed by atoms with van der Waals surface area (Å²) in [4.78, 5) is 1.75. The van der Waals surface area contributed by atoms with Gasteiger partial charge in [-0.2, -0.15) is 9.64 Å². The zero-order valence-corrected chi connectivity index (χ0v) is 15.2. The number of ether oxygens (including phenoxy) is 1. The van der Waals surface area contributed by atoms with Gasteiger partial charge in [0.2, 0.25) is 0 Å². The minimum absolute atomic E-state index is 0.394. The molecule has 120 valence electrons. The maximum Gasteiger partial charge on any atom is 0.264 e. The van der Waals surface area contributed by atoms with Crippen molar-refractivity contribution in [2.75, 3.05) is 14.1 Å². The van der Waals surface area contributed by atoms with Crippen LogP contribution in [0.3, 0.4) is 0 Å². The molecule has 1 heterocycles. The van der Waals surface area contributed by atoms with Crippen LogP contribution in [0, 0.1) is 18.3 Å². The fourth-order valence-corrected chi connectivity index (χ4v) is 3.40. The van der Waals surface area contributed by atoms with Gasteiger partial charge in [0.25, 0.3) is 5.17 Å². The van der Waals surface area contributed by atoms with Crippen molar-refractivity contribution in [3.05, 3.63) is 47.7 Å². The van der Waals surface area contributed by atoms with Gasteiger partial charge in [0.1, 0.15) is 5.75 Å². The van der Waals surface area contributed by atoms with E-state index in [9.17, 15) is 0 Å². The van der Waals surface area contributed by atoms with E-state index in [-0.39, 0.29) is 0 Å². The van der Waals surface area contributed by atoms with E-state index in [1.54, 1.807) is 17.0 Å². The molecule has 0 aliphatic heterocycles. The first-order valence-electron chi connectivity index (χ1n) is 7.30. The second-order valence-electron chi connectivity index (χ2n) is 5.53. The summed E-state index contributed by atoms with van der Waals surface area (Å²) in [5.41, 5.74) is 3.54. The Hall–Kier alpha value is -2.49. The van der Waals surface area contributed by atoms with Crippen LogP contribution >= 0.6 is 23.8 Å². The van der Waals surface area contributed by atoms with Crippen LogP contribution in [0.5, 0.6) is 5.75 Å². The average Bonchev–Trinajstić information content (AvgIpc) is 2.96. The van der Waals surface area contributed by atoms with Crippen molar-refractivity contribution < 1.29 is 4.74 Å². The van der Waals surface area contributed by atoms with Crippen LogP contribution < -0.4 is 4.74 Å². The number of aryl methyl sites for hydroxylation is 1. The van der Waals surface area contributed by atoms with Gasteiger partial charge in [0, 0.05) is 25.0 Å². The maximum absolute atomic E-state index is 9.00.